The van der Waals surface area contributed by atoms with Crippen LogP contribution >= 0.6 is 7.82 Å². The van der Waals surface area contributed by atoms with Crippen molar-refractivity contribution in [2.45, 2.75) is 251 Å². The van der Waals surface area contributed by atoms with Crippen molar-refractivity contribution in [1.29, 1.82) is 0 Å². The summed E-state index contributed by atoms with van der Waals surface area (Å²) in [6.07, 6.45) is 67.0. The van der Waals surface area contributed by atoms with E-state index in [2.05, 4.69) is 86.8 Å². The van der Waals surface area contributed by atoms with E-state index in [0.29, 0.717) is 23.9 Å². The van der Waals surface area contributed by atoms with Crippen molar-refractivity contribution in [3.05, 3.63) is 72.9 Å². The number of phosphoric acid groups is 1. The molecule has 70 heavy (non-hydrogen) atoms. The van der Waals surface area contributed by atoms with Gasteiger partial charge in [0, 0.05) is 12.8 Å². The molecule has 0 fully saturated rings. The zero-order valence-corrected chi connectivity index (χ0v) is 46.9. The van der Waals surface area contributed by atoms with Crippen LogP contribution in [0, 0.1) is 0 Å². The Bertz CT molecular complexity index is 1410. The number of carbonyl (C=O) groups is 2. The molecule has 0 aliphatic carbocycles. The quantitative estimate of drug-likeness (QED) is 0.0211. The summed E-state index contributed by atoms with van der Waals surface area (Å²) in [4.78, 5) is 35.5. The van der Waals surface area contributed by atoms with Gasteiger partial charge in [-0.05, 0) is 64.2 Å². The third kappa shape index (κ3) is 54.8. The van der Waals surface area contributed by atoms with Gasteiger partial charge >= 0.3 is 19.8 Å². The first kappa shape index (κ1) is 67.5. The summed E-state index contributed by atoms with van der Waals surface area (Å²) in [6.45, 7) is 4.32. The van der Waals surface area contributed by atoms with Crippen LogP contribution in [0.4, 0.5) is 0 Å². The molecule has 2 unspecified atom stereocenters. The van der Waals surface area contributed by atoms with E-state index in [1.54, 1.807) is 0 Å². The highest BCUT2D eigenvalue weighted by molar-refractivity contribution is 7.47. The summed E-state index contributed by atoms with van der Waals surface area (Å²) in [5, 5.41) is 0. The lowest BCUT2D eigenvalue weighted by atomic mass is 10.0. The third-order valence-corrected chi connectivity index (χ3v) is 13.2. The van der Waals surface area contributed by atoms with Gasteiger partial charge in [-0.1, -0.05) is 241 Å². The summed E-state index contributed by atoms with van der Waals surface area (Å²) in [7, 11) is 1.48. The molecule has 0 saturated heterocycles. The van der Waals surface area contributed by atoms with E-state index < -0.39 is 26.5 Å². The van der Waals surface area contributed by atoms with Gasteiger partial charge in [0.25, 0.3) is 0 Å². The molecule has 0 aliphatic rings. The van der Waals surface area contributed by atoms with Gasteiger partial charge in [-0.2, -0.15) is 0 Å². The first-order chi connectivity index (χ1) is 34.0. The van der Waals surface area contributed by atoms with Gasteiger partial charge in [0.2, 0.25) is 0 Å². The lowest BCUT2D eigenvalue weighted by Gasteiger charge is -2.24. The SMILES string of the molecule is CC/C=C\C/C=C\C/C=C\C/C=C\C/C=C\C/C=C\CCCCCCCCCCCCCCCCCCC(=O)OC(COC(=O)CCCCCCCCCCCCC)COP(=O)(O)OCC[N+](C)(C)C. The smallest absolute Gasteiger partial charge is 0.462 e. The zero-order valence-electron chi connectivity index (χ0n) is 46.0. The second-order valence-electron chi connectivity index (χ2n) is 20.3. The first-order valence-electron chi connectivity index (χ1n) is 28.7. The molecule has 0 bridgehead atoms. The molecule has 0 aromatic rings. The molecule has 0 aromatic carbocycles. The number of likely N-dealkylation sites (N-methyl/N-ethyl adjacent to an activating group) is 1. The number of esters is 2. The van der Waals surface area contributed by atoms with E-state index in [1.165, 1.54) is 141 Å². The molecule has 0 amide bonds. The average molecular weight is 1000 g/mol. The number of phosphoric ester groups is 1. The van der Waals surface area contributed by atoms with Crippen molar-refractivity contribution in [3.63, 3.8) is 0 Å². The Morgan fingerprint density at radius 3 is 1.21 bits per heavy atom. The van der Waals surface area contributed by atoms with Crippen molar-refractivity contribution >= 4 is 19.8 Å². The number of carbonyl (C=O) groups excluding carboxylic acids is 2. The van der Waals surface area contributed by atoms with Gasteiger partial charge in [0.05, 0.1) is 27.7 Å². The molecule has 0 rings (SSSR count). The van der Waals surface area contributed by atoms with Crippen LogP contribution in [-0.2, 0) is 32.7 Å². The van der Waals surface area contributed by atoms with Gasteiger partial charge in [-0.25, -0.2) is 4.57 Å². The predicted octanol–water partition coefficient (Wildman–Crippen LogP) is 17.7. The van der Waals surface area contributed by atoms with Crippen LogP contribution < -0.4 is 0 Å². The van der Waals surface area contributed by atoms with Crippen LogP contribution in [-0.4, -0.2) is 74.9 Å². The number of hydrogen-bond acceptors (Lipinski definition) is 7. The Hall–Kier alpha value is -2.55. The highest BCUT2D eigenvalue weighted by Crippen LogP contribution is 2.43. The maximum atomic E-state index is 12.8. The minimum atomic E-state index is -4.38. The molecular formula is C60H109NO8P+. The molecule has 2 atom stereocenters. The number of nitrogens with zero attached hydrogens (tertiary/aromatic N) is 1. The van der Waals surface area contributed by atoms with Gasteiger partial charge in [-0.3, -0.25) is 18.6 Å². The first-order valence-corrected chi connectivity index (χ1v) is 30.2. The summed E-state index contributed by atoms with van der Waals surface area (Å²) in [5.41, 5.74) is 0. The highest BCUT2D eigenvalue weighted by Gasteiger charge is 2.27. The van der Waals surface area contributed by atoms with E-state index in [9.17, 15) is 19.0 Å². The molecule has 0 aromatic heterocycles. The second-order valence-corrected chi connectivity index (χ2v) is 21.8. The topological polar surface area (TPSA) is 108 Å². The van der Waals surface area contributed by atoms with E-state index in [0.717, 1.165) is 70.6 Å². The van der Waals surface area contributed by atoms with Crippen molar-refractivity contribution in [2.75, 3.05) is 47.5 Å². The maximum absolute atomic E-state index is 12.8. The number of hydrogen-bond donors (Lipinski definition) is 1. The molecule has 0 heterocycles. The number of quaternary nitrogens is 1. The van der Waals surface area contributed by atoms with Gasteiger partial charge in [-0.15, -0.1) is 0 Å². The van der Waals surface area contributed by atoms with E-state index >= 15 is 0 Å². The standard InChI is InChI=1S/C60H108NO8P/c1-6-8-10-12-14-16-18-19-20-21-22-23-24-25-26-27-28-29-30-31-32-33-34-35-36-37-38-39-40-41-43-45-47-49-51-53-60(63)69-58(57-68-70(64,65)67-55-54-61(3,4)5)56-66-59(62)52-50-48-46-44-42-17-15-13-11-9-7-2/h8,10,14,16,19-20,22-23,25-26,28-29,58H,6-7,9,11-13,15,17-18,21,24,27,30-57H2,1-5H3/p+1/b10-8-,16-14-,20-19-,23-22-,26-25-,29-28-. The fourth-order valence-electron chi connectivity index (χ4n) is 7.84. The van der Waals surface area contributed by atoms with E-state index in [4.69, 9.17) is 18.5 Å². The zero-order chi connectivity index (χ0) is 51.3. The Labute approximate surface area is 431 Å². The normalized spacial score (nSPS) is 13.9. The molecule has 0 radical (unpaired) electrons. The molecule has 9 nitrogen and oxygen atoms in total. The Morgan fingerprint density at radius 2 is 0.814 bits per heavy atom. The van der Waals surface area contributed by atoms with Crippen LogP contribution in [0.25, 0.3) is 0 Å². The molecule has 1 N–H and O–H groups in total. The van der Waals surface area contributed by atoms with Gasteiger partial charge in [0.15, 0.2) is 6.10 Å². The predicted molar refractivity (Wildman–Crippen MR) is 298 cm³/mol. The lowest BCUT2D eigenvalue weighted by Crippen LogP contribution is -2.37. The minimum Gasteiger partial charge on any atom is -0.462 e. The molecule has 0 spiro atoms. The third-order valence-electron chi connectivity index (χ3n) is 12.3. The number of ether oxygens (including phenoxy) is 2. The lowest BCUT2D eigenvalue weighted by molar-refractivity contribution is -0.870. The fourth-order valence-corrected chi connectivity index (χ4v) is 8.58. The van der Waals surface area contributed by atoms with Crippen LogP contribution in [0.3, 0.4) is 0 Å². The fraction of sp³-hybridized carbons (Fsp3) is 0.767. The summed E-state index contributed by atoms with van der Waals surface area (Å²) >= 11 is 0. The molecule has 0 saturated carbocycles. The van der Waals surface area contributed by atoms with Crippen LogP contribution in [0.2, 0.25) is 0 Å². The Morgan fingerprint density at radius 1 is 0.457 bits per heavy atom. The van der Waals surface area contributed by atoms with Crippen molar-refractivity contribution in [3.8, 4) is 0 Å². The number of unbranched alkanes of at least 4 members (excludes halogenated alkanes) is 26. The van der Waals surface area contributed by atoms with Crippen LogP contribution in [0.1, 0.15) is 245 Å². The Balaban J connectivity index is 3.99. The second kappa shape index (κ2) is 51.4. The molecular weight excluding hydrogens is 894 g/mol. The van der Waals surface area contributed by atoms with E-state index in [-0.39, 0.29) is 25.6 Å². The van der Waals surface area contributed by atoms with Crippen molar-refractivity contribution in [2.24, 2.45) is 0 Å². The highest BCUT2D eigenvalue weighted by atomic mass is 31.2. The average Bonchev–Trinajstić information content (AvgIpc) is 3.32. The summed E-state index contributed by atoms with van der Waals surface area (Å²) in [6, 6.07) is 0. The largest absolute Gasteiger partial charge is 0.472 e. The van der Waals surface area contributed by atoms with Crippen molar-refractivity contribution < 1.29 is 42.1 Å². The van der Waals surface area contributed by atoms with Gasteiger partial charge < -0.3 is 18.9 Å². The number of allylic oxidation sites excluding steroid dienone is 12. The van der Waals surface area contributed by atoms with Crippen LogP contribution in [0.5, 0.6) is 0 Å². The monoisotopic (exact) mass is 1000 g/mol. The van der Waals surface area contributed by atoms with E-state index in [1.807, 2.05) is 21.1 Å². The van der Waals surface area contributed by atoms with Crippen LogP contribution in [0.15, 0.2) is 72.9 Å². The molecule has 10 heteroatoms. The summed E-state index contributed by atoms with van der Waals surface area (Å²) < 4.78 is 34.5. The van der Waals surface area contributed by atoms with Gasteiger partial charge in [0.1, 0.15) is 19.8 Å². The van der Waals surface area contributed by atoms with Crippen molar-refractivity contribution in [1.82, 2.24) is 0 Å². The maximum Gasteiger partial charge on any atom is 0.472 e. The summed E-state index contributed by atoms with van der Waals surface area (Å²) in [5.74, 6) is -0.792. The molecule has 406 valence electrons. The molecule has 0 aliphatic heterocycles. The Kier molecular flexibility index (Phi) is 49.5. The minimum absolute atomic E-state index is 0.0319. The number of rotatable bonds is 52.